The molecule has 0 saturated heterocycles. The van der Waals surface area contributed by atoms with E-state index in [4.69, 9.17) is 0 Å². The number of fused-ring (bicyclic) bond motifs is 4. The molecule has 26 heavy (non-hydrogen) atoms. The summed E-state index contributed by atoms with van der Waals surface area (Å²) in [4.78, 5) is 18.1. The second-order valence-corrected chi connectivity index (χ2v) is 8.45. The van der Waals surface area contributed by atoms with E-state index < -0.39 is 16.8 Å². The van der Waals surface area contributed by atoms with Crippen molar-refractivity contribution in [2.24, 2.45) is 0 Å². The molecule has 0 radical (unpaired) electrons. The van der Waals surface area contributed by atoms with Gasteiger partial charge in [0.25, 0.3) is 0 Å². The Morgan fingerprint density at radius 1 is 1.12 bits per heavy atom. The second kappa shape index (κ2) is 5.86. The van der Waals surface area contributed by atoms with Crippen LogP contribution in [0.25, 0.3) is 11.0 Å². The van der Waals surface area contributed by atoms with Gasteiger partial charge in [-0.2, -0.15) is 0 Å². The molecule has 1 aliphatic carbocycles. The molecule has 2 aliphatic rings. The van der Waals surface area contributed by atoms with Crippen molar-refractivity contribution >= 4 is 34.0 Å². The monoisotopic (exact) mass is 365 g/mol. The van der Waals surface area contributed by atoms with Crippen molar-refractivity contribution in [3.05, 3.63) is 54.4 Å². The summed E-state index contributed by atoms with van der Waals surface area (Å²) in [7, 11) is 0. The van der Waals surface area contributed by atoms with Crippen LogP contribution in [0.3, 0.4) is 0 Å². The summed E-state index contributed by atoms with van der Waals surface area (Å²) in [5, 5.41) is 3.97. The summed E-state index contributed by atoms with van der Waals surface area (Å²) in [6.07, 6.45) is 8.59. The highest BCUT2D eigenvalue weighted by Crippen LogP contribution is 2.50. The maximum absolute atomic E-state index is 13.0. The molecule has 3 aromatic rings. The number of hydrogen-bond donors (Lipinski definition) is 1. The van der Waals surface area contributed by atoms with Gasteiger partial charge in [0, 0.05) is 10.9 Å². The third kappa shape index (κ3) is 2.15. The maximum atomic E-state index is 13.0. The Hall–Kier alpha value is -2.31. The van der Waals surface area contributed by atoms with Crippen LogP contribution in [-0.2, 0) is 21.6 Å². The molecule has 6 heteroatoms. The molecule has 5 rings (SSSR count). The Bertz CT molecular complexity index is 993. The molecule has 1 atom stereocenters. The van der Waals surface area contributed by atoms with E-state index >= 15 is 0 Å². The van der Waals surface area contributed by atoms with Crippen molar-refractivity contribution in [3.63, 3.8) is 0 Å². The molecule has 0 bridgehead atoms. The summed E-state index contributed by atoms with van der Waals surface area (Å²) in [6, 6.07) is 11.3. The molecule has 132 valence electrons. The number of carbonyl (C=O) groups is 1. The van der Waals surface area contributed by atoms with E-state index in [2.05, 4.69) is 10.3 Å². The number of hydrogen-bond acceptors (Lipinski definition) is 3. The van der Waals surface area contributed by atoms with E-state index in [1.807, 2.05) is 42.6 Å². The predicted octanol–water partition coefficient (Wildman–Crippen LogP) is 3.76. The van der Waals surface area contributed by atoms with Crippen LogP contribution in [0.15, 0.2) is 53.7 Å². The van der Waals surface area contributed by atoms with Crippen molar-refractivity contribution in [2.75, 3.05) is 5.32 Å². The third-order valence-electron chi connectivity index (χ3n) is 5.67. The molecule has 1 aromatic carbocycles. The molecule has 1 saturated carbocycles. The number of pyridine rings is 1. The van der Waals surface area contributed by atoms with Gasteiger partial charge < -0.3 is 9.87 Å². The molecule has 1 aliphatic heterocycles. The number of anilines is 1. The Balaban J connectivity index is 1.68. The topological polar surface area (TPSA) is 70.0 Å². The molecule has 1 amide bonds. The van der Waals surface area contributed by atoms with Crippen LogP contribution >= 0.6 is 0 Å². The van der Waals surface area contributed by atoms with Gasteiger partial charge in [0.2, 0.25) is 5.91 Å². The van der Waals surface area contributed by atoms with Crippen LogP contribution in [0.5, 0.6) is 0 Å². The Morgan fingerprint density at radius 2 is 1.88 bits per heavy atom. The van der Waals surface area contributed by atoms with Crippen LogP contribution in [-0.4, -0.2) is 19.4 Å². The quantitative estimate of drug-likeness (QED) is 0.703. The van der Waals surface area contributed by atoms with Gasteiger partial charge in [-0.15, -0.1) is 3.97 Å². The van der Waals surface area contributed by atoms with Gasteiger partial charge in [-0.3, -0.25) is 4.79 Å². The molecule has 1 spiro atoms. The standard InChI is InChI=1S/C20H19N3O2S/c24-19-20(10-5-2-6-11-20)17-15-9-12-23(18(15)21-13-16(17)22-19)26(25)14-7-3-1-4-8-14/h1,3-4,7-9,12-13H,2,5-6,10-11H2,(H,22,24). The first kappa shape index (κ1) is 15.9. The highest BCUT2D eigenvalue weighted by Gasteiger charge is 2.48. The number of aromatic nitrogens is 2. The highest BCUT2D eigenvalue weighted by molar-refractivity contribution is 7.90. The predicted molar refractivity (Wildman–Crippen MR) is 101 cm³/mol. The number of carbonyl (C=O) groups excluding carboxylic acids is 1. The number of rotatable bonds is 2. The zero-order valence-electron chi connectivity index (χ0n) is 14.3. The van der Waals surface area contributed by atoms with Crippen molar-refractivity contribution in [1.82, 2.24) is 8.96 Å². The first-order chi connectivity index (χ1) is 12.7. The minimum atomic E-state index is -1.36. The van der Waals surface area contributed by atoms with Gasteiger partial charge in [0.05, 0.1) is 23.5 Å². The third-order valence-corrected chi connectivity index (χ3v) is 7.00. The molecule has 2 aromatic heterocycles. The van der Waals surface area contributed by atoms with E-state index in [-0.39, 0.29) is 5.91 Å². The number of amides is 1. The second-order valence-electron chi connectivity index (χ2n) is 7.08. The molecule has 3 heterocycles. The lowest BCUT2D eigenvalue weighted by Crippen LogP contribution is -2.36. The van der Waals surface area contributed by atoms with Gasteiger partial charge in [0.1, 0.15) is 11.4 Å². The summed E-state index contributed by atoms with van der Waals surface area (Å²) >= 11 is -1.36. The molecular formula is C20H19N3O2S. The molecule has 1 unspecified atom stereocenters. The summed E-state index contributed by atoms with van der Waals surface area (Å²) in [5.41, 5.74) is 2.09. The zero-order valence-corrected chi connectivity index (χ0v) is 15.1. The van der Waals surface area contributed by atoms with E-state index in [9.17, 15) is 9.35 Å². The van der Waals surface area contributed by atoms with Crippen molar-refractivity contribution in [2.45, 2.75) is 42.4 Å². The average molecular weight is 365 g/mol. The van der Waals surface area contributed by atoms with Crippen LogP contribution < -0.4 is 5.32 Å². The number of nitrogens with one attached hydrogen (secondary N) is 1. The largest absolute Gasteiger partial charge is 0.587 e. The van der Waals surface area contributed by atoms with Gasteiger partial charge >= 0.3 is 0 Å². The Kier molecular flexibility index (Phi) is 3.58. The van der Waals surface area contributed by atoms with Crippen LogP contribution in [0.1, 0.15) is 37.7 Å². The van der Waals surface area contributed by atoms with Gasteiger partial charge in [-0.25, -0.2) is 4.98 Å². The highest BCUT2D eigenvalue weighted by atomic mass is 32.2. The molecule has 1 fully saturated rings. The fourth-order valence-corrected chi connectivity index (χ4v) is 5.54. The average Bonchev–Trinajstić information content (AvgIpc) is 3.22. The summed E-state index contributed by atoms with van der Waals surface area (Å²) in [6.45, 7) is 0. The van der Waals surface area contributed by atoms with E-state index in [0.717, 1.165) is 47.2 Å². The van der Waals surface area contributed by atoms with Crippen molar-refractivity contribution < 1.29 is 9.35 Å². The maximum Gasteiger partial charge on any atom is 0.235 e. The lowest BCUT2D eigenvalue weighted by atomic mass is 9.69. The molecular weight excluding hydrogens is 346 g/mol. The Morgan fingerprint density at radius 3 is 2.65 bits per heavy atom. The minimum Gasteiger partial charge on any atom is -0.587 e. The smallest absolute Gasteiger partial charge is 0.235 e. The SMILES string of the molecule is O=C1Nc2cnc3c(ccn3[S+]([O-])c3ccccc3)c2C12CCCCC2. The molecule has 1 N–H and O–H groups in total. The lowest BCUT2D eigenvalue weighted by Gasteiger charge is -2.31. The van der Waals surface area contributed by atoms with Crippen LogP contribution in [0.4, 0.5) is 5.69 Å². The van der Waals surface area contributed by atoms with Crippen molar-refractivity contribution in [3.8, 4) is 0 Å². The van der Waals surface area contributed by atoms with E-state index in [0.29, 0.717) is 5.65 Å². The van der Waals surface area contributed by atoms with E-state index in [1.54, 1.807) is 10.2 Å². The summed E-state index contributed by atoms with van der Waals surface area (Å²) in [5.74, 6) is 0.0958. The van der Waals surface area contributed by atoms with Crippen LogP contribution in [0.2, 0.25) is 0 Å². The van der Waals surface area contributed by atoms with Crippen LogP contribution in [0, 0.1) is 0 Å². The van der Waals surface area contributed by atoms with Crippen molar-refractivity contribution in [1.29, 1.82) is 0 Å². The fraction of sp³-hybridized carbons (Fsp3) is 0.300. The summed E-state index contributed by atoms with van der Waals surface area (Å²) < 4.78 is 14.7. The van der Waals surface area contributed by atoms with Gasteiger partial charge in [0.15, 0.2) is 10.5 Å². The fourth-order valence-electron chi connectivity index (χ4n) is 4.45. The number of benzene rings is 1. The zero-order chi connectivity index (χ0) is 17.7. The molecule has 5 nitrogen and oxygen atoms in total. The van der Waals surface area contributed by atoms with Gasteiger partial charge in [-0.1, -0.05) is 37.5 Å². The van der Waals surface area contributed by atoms with Gasteiger partial charge in [-0.05, 0) is 31.0 Å². The normalized spacial score (nSPS) is 19.5. The Labute approximate surface area is 154 Å². The lowest BCUT2D eigenvalue weighted by molar-refractivity contribution is -0.121. The first-order valence-corrected chi connectivity index (χ1v) is 10.1. The number of nitrogens with zero attached hydrogens (tertiary/aromatic N) is 2. The first-order valence-electron chi connectivity index (χ1n) is 9.00. The minimum absolute atomic E-state index is 0.0958. The van der Waals surface area contributed by atoms with E-state index in [1.165, 1.54) is 6.42 Å².